The molecule has 2 aromatic carbocycles. The minimum absolute atomic E-state index is 0. The molecule has 0 heterocycles. The summed E-state index contributed by atoms with van der Waals surface area (Å²) in [6, 6.07) is 10.4. The van der Waals surface area contributed by atoms with Crippen molar-refractivity contribution >= 4 is 21.7 Å². The first-order valence-electron chi connectivity index (χ1n) is 8.22. The molecule has 0 aliphatic heterocycles. The van der Waals surface area contributed by atoms with Crippen LogP contribution in [0, 0.1) is 0 Å². The van der Waals surface area contributed by atoms with Crippen molar-refractivity contribution in [3.63, 3.8) is 0 Å². The van der Waals surface area contributed by atoms with E-state index in [1.54, 1.807) is 0 Å². The molecule has 11 heteroatoms. The average Bonchev–Trinajstić information content (AvgIpc) is 2.71. The highest BCUT2D eigenvalue weighted by molar-refractivity contribution is 7.91. The van der Waals surface area contributed by atoms with Crippen LogP contribution >= 0.6 is 0 Å². The highest BCUT2D eigenvalue weighted by Crippen LogP contribution is 2.20. The molecule has 0 radical (unpaired) electrons. The molecule has 0 fully saturated rings. The number of nitrogens with one attached hydrogen (secondary N) is 2. The van der Waals surface area contributed by atoms with Crippen LogP contribution in [0.15, 0.2) is 53.4 Å². The molecule has 0 bridgehead atoms. The predicted octanol–water partition coefficient (Wildman–Crippen LogP) is 0.477. The number of hydroxylamine groups is 1. The summed E-state index contributed by atoms with van der Waals surface area (Å²) in [7, 11) is -2.77. The van der Waals surface area contributed by atoms with Gasteiger partial charge in [-0.1, -0.05) is 7.43 Å². The summed E-state index contributed by atoms with van der Waals surface area (Å²) < 4.78 is 30.2. The van der Waals surface area contributed by atoms with Crippen LogP contribution in [-0.4, -0.2) is 60.7 Å². The second-order valence-corrected chi connectivity index (χ2v) is 8.13. The zero-order valence-electron chi connectivity index (χ0n) is 15.3. The number of carbonyl (C=O) groups is 2. The maximum absolute atomic E-state index is 12.6. The van der Waals surface area contributed by atoms with Crippen LogP contribution in [0.25, 0.3) is 0 Å². The van der Waals surface area contributed by atoms with Gasteiger partial charge in [-0.05, 0) is 48.5 Å². The molecule has 2 aromatic rings. The van der Waals surface area contributed by atoms with Crippen molar-refractivity contribution in [2.75, 3.05) is 19.4 Å². The molecule has 0 aliphatic rings. The maximum atomic E-state index is 12.6. The van der Waals surface area contributed by atoms with Crippen molar-refractivity contribution < 1.29 is 38.2 Å². The number of rotatable bonds is 8. The van der Waals surface area contributed by atoms with E-state index in [1.807, 2.05) is 0 Å². The molecule has 10 nitrogen and oxygen atoms in total. The van der Waals surface area contributed by atoms with Gasteiger partial charge in [0.2, 0.25) is 0 Å². The molecule has 164 valence electrons. The number of phenolic OH excluding ortho intramolecular Hbond substituents is 1. The number of sulfone groups is 1. The summed E-state index contributed by atoms with van der Waals surface area (Å²) in [6.07, 6.45) is 0. The number of methoxy groups -OCH3 is 1. The summed E-state index contributed by atoms with van der Waals surface area (Å²) in [5.41, 5.74) is -1.34. The third-order valence-corrected chi connectivity index (χ3v) is 5.89. The minimum Gasteiger partial charge on any atom is -0.508 e. The van der Waals surface area contributed by atoms with E-state index in [4.69, 9.17) is 9.94 Å². The fourth-order valence-corrected chi connectivity index (χ4v) is 4.00. The lowest BCUT2D eigenvalue weighted by Crippen LogP contribution is -2.57. The van der Waals surface area contributed by atoms with Crippen molar-refractivity contribution in [3.8, 4) is 11.5 Å². The number of carbonyl (C=O) groups excluding carboxylic acids is 2. The van der Waals surface area contributed by atoms with E-state index in [0.29, 0.717) is 5.75 Å². The van der Waals surface area contributed by atoms with Crippen LogP contribution in [-0.2, 0) is 14.6 Å². The van der Waals surface area contributed by atoms with Gasteiger partial charge in [0, 0.05) is 5.56 Å². The normalized spacial score (nSPS) is 12.8. The Balaban J connectivity index is 0.00000450. The predicted molar refractivity (Wildman–Crippen MR) is 107 cm³/mol. The van der Waals surface area contributed by atoms with Crippen molar-refractivity contribution in [2.45, 2.75) is 17.9 Å². The highest BCUT2D eigenvalue weighted by Gasteiger charge is 2.41. The van der Waals surface area contributed by atoms with Crippen molar-refractivity contribution in [1.29, 1.82) is 0 Å². The van der Waals surface area contributed by atoms with Gasteiger partial charge in [-0.2, -0.15) is 0 Å². The quantitative estimate of drug-likeness (QED) is 0.292. The average molecular weight is 440 g/mol. The Morgan fingerprint density at radius 1 is 1.07 bits per heavy atom. The van der Waals surface area contributed by atoms with E-state index in [2.05, 4.69) is 5.32 Å². The Kier molecular flexibility index (Phi) is 8.34. The zero-order valence-corrected chi connectivity index (χ0v) is 16.1. The summed E-state index contributed by atoms with van der Waals surface area (Å²) in [5, 5.41) is 31.0. The number of ether oxygens (including phenoxy) is 1. The monoisotopic (exact) mass is 440 g/mol. The second kappa shape index (κ2) is 10.1. The van der Waals surface area contributed by atoms with Gasteiger partial charge in [0.25, 0.3) is 11.8 Å². The maximum Gasteiger partial charge on any atom is 0.278 e. The Hall–Kier alpha value is -3.15. The van der Waals surface area contributed by atoms with Gasteiger partial charge in [0.15, 0.2) is 15.4 Å². The van der Waals surface area contributed by atoms with Crippen LogP contribution < -0.4 is 15.5 Å². The lowest BCUT2D eigenvalue weighted by molar-refractivity contribution is -0.146. The molecular weight excluding hydrogens is 416 g/mol. The Morgan fingerprint density at radius 3 is 2.13 bits per heavy atom. The smallest absolute Gasteiger partial charge is 0.278 e. The molecule has 0 aliphatic carbocycles. The van der Waals surface area contributed by atoms with E-state index in [1.165, 1.54) is 61.1 Å². The van der Waals surface area contributed by atoms with E-state index in [9.17, 15) is 28.2 Å². The molecule has 2 rings (SSSR count). The van der Waals surface area contributed by atoms with Crippen LogP contribution in [0.1, 0.15) is 17.8 Å². The zero-order chi connectivity index (χ0) is 21.7. The van der Waals surface area contributed by atoms with Crippen LogP contribution in [0.3, 0.4) is 0 Å². The summed E-state index contributed by atoms with van der Waals surface area (Å²) in [5.74, 6) is -2.89. The first-order valence-corrected chi connectivity index (χ1v) is 9.87. The summed E-state index contributed by atoms with van der Waals surface area (Å²) >= 11 is 0. The molecule has 0 spiro atoms. The topological polar surface area (TPSA) is 162 Å². The van der Waals surface area contributed by atoms with Crippen LogP contribution in [0.2, 0.25) is 0 Å². The Bertz CT molecular complexity index is 975. The van der Waals surface area contributed by atoms with Gasteiger partial charge < -0.3 is 20.3 Å². The molecule has 1 atom stereocenters. The fourth-order valence-electron chi connectivity index (χ4n) is 2.42. The molecule has 1 unspecified atom stereocenters. The Labute approximate surface area is 174 Å². The fraction of sp³-hybridized carbons (Fsp3) is 0.263. The molecule has 30 heavy (non-hydrogen) atoms. The number of benzene rings is 2. The van der Waals surface area contributed by atoms with Gasteiger partial charge in [-0.25, -0.2) is 13.9 Å². The summed E-state index contributed by atoms with van der Waals surface area (Å²) in [4.78, 5) is 23.9. The van der Waals surface area contributed by atoms with Gasteiger partial charge in [0.05, 0.1) is 24.3 Å². The summed E-state index contributed by atoms with van der Waals surface area (Å²) in [6.45, 7) is -0.797. The largest absolute Gasteiger partial charge is 0.508 e. The number of hydrogen-bond acceptors (Lipinski definition) is 8. The number of hydrogen-bond donors (Lipinski definition) is 5. The van der Waals surface area contributed by atoms with Gasteiger partial charge in [0.1, 0.15) is 11.5 Å². The van der Waals surface area contributed by atoms with Gasteiger partial charge in [-0.3, -0.25) is 14.8 Å². The molecule has 0 aromatic heterocycles. The SMILES string of the molecule is C.COc1ccc(S(=O)(=O)CC(O)(CNC(=O)c2ccc(O)cc2)C(=O)NO)cc1. The molecular formula is C19H24N2O8S. The second-order valence-electron chi connectivity index (χ2n) is 6.14. The van der Waals surface area contributed by atoms with E-state index >= 15 is 0 Å². The molecule has 0 saturated heterocycles. The highest BCUT2D eigenvalue weighted by atomic mass is 32.2. The third-order valence-electron chi connectivity index (χ3n) is 4.04. The van der Waals surface area contributed by atoms with Crippen molar-refractivity contribution in [1.82, 2.24) is 10.8 Å². The van der Waals surface area contributed by atoms with E-state index in [-0.39, 0.29) is 23.6 Å². The first kappa shape index (κ1) is 24.9. The van der Waals surface area contributed by atoms with Crippen LogP contribution in [0.4, 0.5) is 0 Å². The van der Waals surface area contributed by atoms with Gasteiger partial charge in [-0.15, -0.1) is 0 Å². The molecule has 2 amide bonds. The Morgan fingerprint density at radius 2 is 1.63 bits per heavy atom. The van der Waals surface area contributed by atoms with Crippen molar-refractivity contribution in [2.24, 2.45) is 0 Å². The molecule has 0 saturated carbocycles. The van der Waals surface area contributed by atoms with Crippen molar-refractivity contribution in [3.05, 3.63) is 54.1 Å². The molecule has 5 N–H and O–H groups in total. The van der Waals surface area contributed by atoms with Crippen LogP contribution in [0.5, 0.6) is 11.5 Å². The number of aliphatic hydroxyl groups is 1. The third kappa shape index (κ3) is 5.92. The van der Waals surface area contributed by atoms with E-state index in [0.717, 1.165) is 0 Å². The lowest BCUT2D eigenvalue weighted by Gasteiger charge is -2.25. The van der Waals surface area contributed by atoms with Gasteiger partial charge >= 0.3 is 0 Å². The van der Waals surface area contributed by atoms with E-state index < -0.39 is 39.6 Å². The number of amides is 2. The minimum atomic E-state index is -4.18. The first-order chi connectivity index (χ1) is 13.6. The number of phenols is 1. The number of aromatic hydroxyl groups is 1. The lowest BCUT2D eigenvalue weighted by atomic mass is 10.1. The standard InChI is InChI=1S/C18H20N2O8S.CH4/c1-28-14-6-8-15(9-7-14)29(26,27)11-18(24,17(23)20-25)10-19-16(22)12-2-4-13(21)5-3-12;/h2-9,21,24-25H,10-11H2,1H3,(H,19,22)(H,20,23);1H4.